The molecule has 0 spiro atoms. The summed E-state index contributed by atoms with van der Waals surface area (Å²) in [6.07, 6.45) is 3.75. The lowest BCUT2D eigenvalue weighted by Gasteiger charge is -2.04. The number of anilines is 1. The van der Waals surface area contributed by atoms with Gasteiger partial charge in [0.1, 0.15) is 4.32 Å². The van der Waals surface area contributed by atoms with Gasteiger partial charge >= 0.3 is 0 Å². The molecule has 0 bridgehead atoms. The first-order valence-corrected chi connectivity index (χ1v) is 5.71. The number of fused-ring (bicyclic) bond motifs is 1. The highest BCUT2D eigenvalue weighted by molar-refractivity contribution is 8.22. The van der Waals surface area contributed by atoms with Gasteiger partial charge in [0.05, 0.1) is 11.7 Å². The molecule has 0 aliphatic heterocycles. The number of hydrogen-bond acceptors (Lipinski definition) is 3. The van der Waals surface area contributed by atoms with Gasteiger partial charge in [-0.05, 0) is 24.5 Å². The fourth-order valence-corrected chi connectivity index (χ4v) is 1.52. The molecule has 1 aromatic heterocycles. The summed E-state index contributed by atoms with van der Waals surface area (Å²) >= 11 is 6.59. The Labute approximate surface area is 91.3 Å². The second-order valence-electron chi connectivity index (χ2n) is 2.79. The molecule has 0 amide bonds. The predicted molar refractivity (Wildman–Crippen MR) is 65.8 cm³/mol. The summed E-state index contributed by atoms with van der Waals surface area (Å²) in [7, 11) is 0. The fourth-order valence-electron chi connectivity index (χ4n) is 1.18. The number of benzene rings is 1. The van der Waals surface area contributed by atoms with Gasteiger partial charge < -0.3 is 5.32 Å². The van der Waals surface area contributed by atoms with Gasteiger partial charge in [-0.3, -0.25) is 5.10 Å². The molecule has 14 heavy (non-hydrogen) atoms. The van der Waals surface area contributed by atoms with Crippen molar-refractivity contribution in [2.24, 2.45) is 0 Å². The molecule has 72 valence electrons. The summed E-state index contributed by atoms with van der Waals surface area (Å²) < 4.78 is 0.767. The molecule has 1 aromatic carbocycles. The molecule has 2 aromatic rings. The number of hydrogen-bond donors (Lipinski definition) is 2. The number of nitrogens with one attached hydrogen (secondary N) is 2. The maximum atomic E-state index is 5.07. The minimum Gasteiger partial charge on any atom is -0.341 e. The van der Waals surface area contributed by atoms with Crippen LogP contribution in [0, 0.1) is 0 Å². The van der Waals surface area contributed by atoms with Gasteiger partial charge in [-0.15, -0.1) is 11.8 Å². The number of H-pyrrole nitrogens is 1. The quantitative estimate of drug-likeness (QED) is 0.729. The molecular weight excluding hydrogens is 214 g/mol. The molecule has 0 saturated carbocycles. The minimum atomic E-state index is 0.767. The van der Waals surface area contributed by atoms with E-state index in [1.165, 1.54) is 11.8 Å². The van der Waals surface area contributed by atoms with Crippen LogP contribution in [0.5, 0.6) is 0 Å². The molecule has 0 saturated heterocycles. The Morgan fingerprint density at radius 3 is 3.21 bits per heavy atom. The largest absolute Gasteiger partial charge is 0.341 e. The van der Waals surface area contributed by atoms with E-state index in [9.17, 15) is 0 Å². The number of nitrogens with zero attached hydrogens (tertiary/aromatic N) is 1. The molecule has 2 N–H and O–H groups in total. The number of thioether (sulfide) groups is 1. The lowest BCUT2D eigenvalue weighted by atomic mass is 10.2. The Hall–Kier alpha value is -1.07. The van der Waals surface area contributed by atoms with Crippen molar-refractivity contribution in [3.8, 4) is 0 Å². The second-order valence-corrected chi connectivity index (χ2v) is 4.27. The van der Waals surface area contributed by atoms with Gasteiger partial charge in [-0.1, -0.05) is 12.2 Å². The average molecular weight is 223 g/mol. The van der Waals surface area contributed by atoms with E-state index in [0.717, 1.165) is 20.9 Å². The number of aromatic amines is 1. The zero-order valence-corrected chi connectivity index (χ0v) is 9.21. The van der Waals surface area contributed by atoms with Crippen LogP contribution in [0.15, 0.2) is 24.4 Å². The first-order valence-electron chi connectivity index (χ1n) is 4.08. The van der Waals surface area contributed by atoms with E-state index >= 15 is 0 Å². The molecule has 2 rings (SSSR count). The molecule has 3 nitrogen and oxygen atoms in total. The SMILES string of the molecule is CSC(=S)Nc1ccc2cn[nH]c2c1. The fraction of sp³-hybridized carbons (Fsp3) is 0.111. The van der Waals surface area contributed by atoms with Crippen molar-refractivity contribution in [2.45, 2.75) is 0 Å². The van der Waals surface area contributed by atoms with Gasteiger partial charge in [-0.2, -0.15) is 5.10 Å². The Morgan fingerprint density at radius 2 is 2.43 bits per heavy atom. The van der Waals surface area contributed by atoms with E-state index in [1.54, 1.807) is 6.20 Å². The van der Waals surface area contributed by atoms with E-state index in [2.05, 4.69) is 15.5 Å². The standard InChI is InChI=1S/C9H9N3S2/c1-14-9(13)11-7-3-2-6-5-10-12-8(6)4-7/h2-5H,1H3,(H,10,12)(H,11,13). The maximum absolute atomic E-state index is 5.07. The first kappa shape index (κ1) is 9.48. The zero-order chi connectivity index (χ0) is 9.97. The van der Waals surface area contributed by atoms with E-state index < -0.39 is 0 Å². The predicted octanol–water partition coefficient (Wildman–Crippen LogP) is 2.62. The van der Waals surface area contributed by atoms with Crippen molar-refractivity contribution in [3.05, 3.63) is 24.4 Å². The monoisotopic (exact) mass is 223 g/mol. The summed E-state index contributed by atoms with van der Waals surface area (Å²) in [5, 5.41) is 11.1. The van der Waals surface area contributed by atoms with Gasteiger partial charge in [0.15, 0.2) is 0 Å². The molecular formula is C9H9N3S2. The molecule has 0 fully saturated rings. The summed E-state index contributed by atoms with van der Waals surface area (Å²) in [4.78, 5) is 0. The molecule has 0 atom stereocenters. The van der Waals surface area contributed by atoms with Crippen LogP contribution in [0.2, 0.25) is 0 Å². The van der Waals surface area contributed by atoms with Gasteiger partial charge in [0.2, 0.25) is 0 Å². The Bertz CT molecular complexity index is 464. The van der Waals surface area contributed by atoms with Crippen LogP contribution < -0.4 is 5.32 Å². The van der Waals surface area contributed by atoms with Gasteiger partial charge in [0, 0.05) is 11.1 Å². The lowest BCUT2D eigenvalue weighted by Crippen LogP contribution is -2.02. The van der Waals surface area contributed by atoms with E-state index in [0.29, 0.717) is 0 Å². The number of thiocarbonyl (C=S) groups is 1. The van der Waals surface area contributed by atoms with Crippen LogP contribution in [0.1, 0.15) is 0 Å². The van der Waals surface area contributed by atoms with Crippen molar-refractivity contribution in [1.29, 1.82) is 0 Å². The third kappa shape index (κ3) is 1.88. The summed E-state index contributed by atoms with van der Waals surface area (Å²) in [5.74, 6) is 0. The van der Waals surface area contributed by atoms with Crippen molar-refractivity contribution >= 4 is 44.9 Å². The number of rotatable bonds is 1. The van der Waals surface area contributed by atoms with Gasteiger partial charge in [-0.25, -0.2) is 0 Å². The molecule has 0 aliphatic carbocycles. The molecule has 5 heteroatoms. The van der Waals surface area contributed by atoms with E-state index in [-0.39, 0.29) is 0 Å². The molecule has 0 aliphatic rings. The van der Waals surface area contributed by atoms with E-state index in [1.807, 2.05) is 24.5 Å². The highest BCUT2D eigenvalue weighted by Crippen LogP contribution is 2.17. The maximum Gasteiger partial charge on any atom is 0.137 e. The molecule has 0 unspecified atom stereocenters. The van der Waals surface area contributed by atoms with Crippen molar-refractivity contribution in [3.63, 3.8) is 0 Å². The van der Waals surface area contributed by atoms with Crippen LogP contribution in [0.4, 0.5) is 5.69 Å². The Kier molecular flexibility index (Phi) is 2.69. The van der Waals surface area contributed by atoms with Crippen LogP contribution >= 0.6 is 24.0 Å². The van der Waals surface area contributed by atoms with Crippen LogP contribution in [0.3, 0.4) is 0 Å². The third-order valence-electron chi connectivity index (χ3n) is 1.87. The van der Waals surface area contributed by atoms with Crippen molar-refractivity contribution < 1.29 is 0 Å². The summed E-state index contributed by atoms with van der Waals surface area (Å²) in [6, 6.07) is 5.98. The third-order valence-corrected chi connectivity index (χ3v) is 2.95. The topological polar surface area (TPSA) is 40.7 Å². The summed E-state index contributed by atoms with van der Waals surface area (Å²) in [5.41, 5.74) is 2.00. The van der Waals surface area contributed by atoms with Crippen LogP contribution in [0.25, 0.3) is 10.9 Å². The van der Waals surface area contributed by atoms with Crippen molar-refractivity contribution in [1.82, 2.24) is 10.2 Å². The Balaban J connectivity index is 2.30. The summed E-state index contributed by atoms with van der Waals surface area (Å²) in [6.45, 7) is 0. The molecule has 1 heterocycles. The normalized spacial score (nSPS) is 10.4. The van der Waals surface area contributed by atoms with Crippen LogP contribution in [-0.4, -0.2) is 20.8 Å². The molecule has 0 radical (unpaired) electrons. The zero-order valence-electron chi connectivity index (χ0n) is 7.57. The highest BCUT2D eigenvalue weighted by atomic mass is 32.2. The van der Waals surface area contributed by atoms with E-state index in [4.69, 9.17) is 12.2 Å². The Morgan fingerprint density at radius 1 is 1.57 bits per heavy atom. The van der Waals surface area contributed by atoms with Crippen molar-refractivity contribution in [2.75, 3.05) is 11.6 Å². The smallest absolute Gasteiger partial charge is 0.137 e. The average Bonchev–Trinajstić information content (AvgIpc) is 2.64. The second kappa shape index (κ2) is 3.98. The first-order chi connectivity index (χ1) is 6.79. The van der Waals surface area contributed by atoms with Gasteiger partial charge in [0.25, 0.3) is 0 Å². The highest BCUT2D eigenvalue weighted by Gasteiger charge is 1.99. The number of aromatic nitrogens is 2. The lowest BCUT2D eigenvalue weighted by molar-refractivity contribution is 1.12. The minimum absolute atomic E-state index is 0.767. The van der Waals surface area contributed by atoms with Crippen LogP contribution in [-0.2, 0) is 0 Å².